The Bertz CT molecular complexity index is 1040. The first-order valence-corrected chi connectivity index (χ1v) is 10.1. The van der Waals surface area contributed by atoms with Gasteiger partial charge in [-0.25, -0.2) is 0 Å². The van der Waals surface area contributed by atoms with E-state index in [0.29, 0.717) is 13.0 Å². The molecule has 3 nitrogen and oxygen atoms in total. The zero-order valence-electron chi connectivity index (χ0n) is 16.7. The van der Waals surface area contributed by atoms with Crippen LogP contribution in [-0.2, 0) is 11.2 Å². The van der Waals surface area contributed by atoms with E-state index >= 15 is 0 Å². The van der Waals surface area contributed by atoms with E-state index in [1.807, 2.05) is 42.6 Å². The van der Waals surface area contributed by atoms with Crippen LogP contribution < -0.4 is 5.32 Å². The van der Waals surface area contributed by atoms with Gasteiger partial charge in [-0.05, 0) is 42.2 Å². The van der Waals surface area contributed by atoms with Crippen molar-refractivity contribution in [1.82, 2.24) is 10.3 Å². The van der Waals surface area contributed by atoms with E-state index in [0.717, 1.165) is 11.9 Å². The molecular formula is C26H26N2O. The third-order valence-electron chi connectivity index (χ3n) is 5.43. The largest absolute Gasteiger partial charge is 0.361 e. The quantitative estimate of drug-likeness (QED) is 0.444. The van der Waals surface area contributed by atoms with Gasteiger partial charge < -0.3 is 10.3 Å². The van der Waals surface area contributed by atoms with Gasteiger partial charge in [0.1, 0.15) is 0 Å². The fourth-order valence-corrected chi connectivity index (χ4v) is 3.89. The number of hydrogen-bond donors (Lipinski definition) is 2. The molecule has 3 heteroatoms. The summed E-state index contributed by atoms with van der Waals surface area (Å²) in [5.41, 5.74) is 5.97. The molecule has 1 aromatic heterocycles. The molecule has 0 fully saturated rings. The zero-order valence-corrected chi connectivity index (χ0v) is 16.7. The van der Waals surface area contributed by atoms with E-state index in [2.05, 4.69) is 59.7 Å². The molecule has 0 saturated carbocycles. The molecule has 3 aromatic carbocycles. The van der Waals surface area contributed by atoms with E-state index in [9.17, 15) is 4.79 Å². The SMILES string of the molecule is Cc1ccc2[nH]cc(CCNC(=O)CC(c3ccccc3)c3ccccc3)c2c1. The maximum Gasteiger partial charge on any atom is 0.220 e. The number of aromatic amines is 1. The molecule has 1 amide bonds. The lowest BCUT2D eigenvalue weighted by Crippen LogP contribution is -2.27. The van der Waals surface area contributed by atoms with Crippen LogP contribution in [-0.4, -0.2) is 17.4 Å². The summed E-state index contributed by atoms with van der Waals surface area (Å²) < 4.78 is 0. The van der Waals surface area contributed by atoms with Crippen molar-refractivity contribution >= 4 is 16.8 Å². The second kappa shape index (κ2) is 8.78. The monoisotopic (exact) mass is 382 g/mol. The van der Waals surface area contributed by atoms with Crippen LogP contribution in [0.2, 0.25) is 0 Å². The Morgan fingerprint density at radius 2 is 1.59 bits per heavy atom. The normalized spacial score (nSPS) is 11.1. The van der Waals surface area contributed by atoms with Gasteiger partial charge in [0.15, 0.2) is 0 Å². The number of aryl methyl sites for hydroxylation is 1. The van der Waals surface area contributed by atoms with Crippen LogP contribution in [0.25, 0.3) is 10.9 Å². The molecule has 4 aromatic rings. The Morgan fingerprint density at radius 3 is 2.24 bits per heavy atom. The third kappa shape index (κ3) is 4.57. The van der Waals surface area contributed by atoms with Gasteiger partial charge in [-0.2, -0.15) is 0 Å². The van der Waals surface area contributed by atoms with Crippen LogP contribution in [0.1, 0.15) is 34.6 Å². The molecule has 0 unspecified atom stereocenters. The van der Waals surface area contributed by atoms with Gasteiger partial charge in [0, 0.05) is 36.0 Å². The molecule has 2 N–H and O–H groups in total. The van der Waals surface area contributed by atoms with E-state index in [1.165, 1.54) is 27.6 Å². The number of fused-ring (bicyclic) bond motifs is 1. The van der Waals surface area contributed by atoms with Crippen molar-refractivity contribution in [2.45, 2.75) is 25.7 Å². The molecule has 0 aliphatic rings. The summed E-state index contributed by atoms with van der Waals surface area (Å²) >= 11 is 0. The van der Waals surface area contributed by atoms with Gasteiger partial charge in [0.25, 0.3) is 0 Å². The van der Waals surface area contributed by atoms with Crippen molar-refractivity contribution in [2.24, 2.45) is 0 Å². The first-order valence-electron chi connectivity index (χ1n) is 10.1. The van der Waals surface area contributed by atoms with Gasteiger partial charge in [-0.1, -0.05) is 72.3 Å². The number of carbonyl (C=O) groups is 1. The zero-order chi connectivity index (χ0) is 20.1. The Balaban J connectivity index is 1.41. The molecule has 29 heavy (non-hydrogen) atoms. The molecular weight excluding hydrogens is 356 g/mol. The van der Waals surface area contributed by atoms with Crippen LogP contribution in [0.15, 0.2) is 85.1 Å². The summed E-state index contributed by atoms with van der Waals surface area (Å²) in [6, 6.07) is 26.9. The van der Waals surface area contributed by atoms with Gasteiger partial charge in [-0.3, -0.25) is 4.79 Å². The number of rotatable bonds is 7. The van der Waals surface area contributed by atoms with Crippen LogP contribution >= 0.6 is 0 Å². The van der Waals surface area contributed by atoms with E-state index in [4.69, 9.17) is 0 Å². The number of amides is 1. The van der Waals surface area contributed by atoms with Crippen molar-refractivity contribution in [3.63, 3.8) is 0 Å². The molecule has 1 heterocycles. The smallest absolute Gasteiger partial charge is 0.220 e. The van der Waals surface area contributed by atoms with Gasteiger partial charge in [0.2, 0.25) is 5.91 Å². The minimum atomic E-state index is 0.0631. The number of H-pyrrole nitrogens is 1. The van der Waals surface area contributed by atoms with E-state index < -0.39 is 0 Å². The highest BCUT2D eigenvalue weighted by molar-refractivity contribution is 5.84. The summed E-state index contributed by atoms with van der Waals surface area (Å²) in [5.74, 6) is 0.145. The Kier molecular flexibility index (Phi) is 5.76. The third-order valence-corrected chi connectivity index (χ3v) is 5.43. The molecule has 0 aliphatic heterocycles. The minimum absolute atomic E-state index is 0.0631. The number of nitrogens with one attached hydrogen (secondary N) is 2. The van der Waals surface area contributed by atoms with Crippen molar-refractivity contribution in [3.8, 4) is 0 Å². The van der Waals surface area contributed by atoms with Crippen LogP contribution in [0, 0.1) is 6.92 Å². The lowest BCUT2D eigenvalue weighted by atomic mass is 9.88. The van der Waals surface area contributed by atoms with E-state index in [1.54, 1.807) is 0 Å². The predicted molar refractivity (Wildman–Crippen MR) is 119 cm³/mol. The van der Waals surface area contributed by atoms with Crippen LogP contribution in [0.3, 0.4) is 0 Å². The topological polar surface area (TPSA) is 44.9 Å². The first kappa shape index (κ1) is 19.0. The fourth-order valence-electron chi connectivity index (χ4n) is 3.89. The molecule has 146 valence electrons. The molecule has 4 rings (SSSR count). The maximum atomic E-state index is 12.7. The van der Waals surface area contributed by atoms with Crippen molar-refractivity contribution in [1.29, 1.82) is 0 Å². The number of carbonyl (C=O) groups excluding carboxylic acids is 1. The standard InChI is InChI=1S/C26H26N2O/c1-19-12-13-25-24(16-19)22(18-28-25)14-15-27-26(29)17-23(20-8-4-2-5-9-20)21-10-6-3-7-11-21/h2-13,16,18,23,28H,14-15,17H2,1H3,(H,27,29). The summed E-state index contributed by atoms with van der Waals surface area (Å²) in [5, 5.41) is 4.36. The second-order valence-electron chi connectivity index (χ2n) is 7.54. The molecule has 0 aliphatic carbocycles. The minimum Gasteiger partial charge on any atom is -0.361 e. The molecule has 0 bridgehead atoms. The molecule has 0 radical (unpaired) electrons. The van der Waals surface area contributed by atoms with Gasteiger partial charge in [0.05, 0.1) is 0 Å². The Morgan fingerprint density at radius 1 is 0.931 bits per heavy atom. The highest BCUT2D eigenvalue weighted by Crippen LogP contribution is 2.27. The van der Waals surface area contributed by atoms with Crippen molar-refractivity contribution in [2.75, 3.05) is 6.54 Å². The fraction of sp³-hybridized carbons (Fsp3) is 0.192. The number of benzene rings is 3. The predicted octanol–water partition coefficient (Wildman–Crippen LogP) is 5.36. The summed E-state index contributed by atoms with van der Waals surface area (Å²) in [6.07, 6.45) is 3.31. The van der Waals surface area contributed by atoms with Crippen molar-refractivity contribution < 1.29 is 4.79 Å². The number of aromatic nitrogens is 1. The van der Waals surface area contributed by atoms with Crippen LogP contribution in [0.4, 0.5) is 0 Å². The summed E-state index contributed by atoms with van der Waals surface area (Å²) in [7, 11) is 0. The molecule has 0 saturated heterocycles. The van der Waals surface area contributed by atoms with Crippen LogP contribution in [0.5, 0.6) is 0 Å². The second-order valence-corrected chi connectivity index (χ2v) is 7.54. The highest BCUT2D eigenvalue weighted by Gasteiger charge is 2.18. The number of hydrogen-bond acceptors (Lipinski definition) is 1. The average molecular weight is 383 g/mol. The summed E-state index contributed by atoms with van der Waals surface area (Å²) in [4.78, 5) is 16.0. The van der Waals surface area contributed by atoms with Gasteiger partial charge >= 0.3 is 0 Å². The Hall–Kier alpha value is -3.33. The first-order chi connectivity index (χ1) is 14.2. The van der Waals surface area contributed by atoms with Gasteiger partial charge in [-0.15, -0.1) is 0 Å². The highest BCUT2D eigenvalue weighted by atomic mass is 16.1. The van der Waals surface area contributed by atoms with Crippen molar-refractivity contribution in [3.05, 3.63) is 107 Å². The maximum absolute atomic E-state index is 12.7. The summed E-state index contributed by atoms with van der Waals surface area (Å²) in [6.45, 7) is 2.74. The molecule has 0 atom stereocenters. The lowest BCUT2D eigenvalue weighted by Gasteiger charge is -2.18. The Labute approximate surface area is 171 Å². The average Bonchev–Trinajstić information content (AvgIpc) is 3.15. The molecule has 0 spiro atoms. The van der Waals surface area contributed by atoms with E-state index in [-0.39, 0.29) is 11.8 Å². The lowest BCUT2D eigenvalue weighted by molar-refractivity contribution is -0.121.